The molecule has 0 amide bonds. The Labute approximate surface area is 126 Å². The Bertz CT molecular complexity index is 637. The Balaban J connectivity index is 1.72. The molecule has 1 saturated carbocycles. The molecule has 1 atom stereocenters. The molecule has 2 aliphatic rings. The third-order valence-electron chi connectivity index (χ3n) is 4.06. The summed E-state index contributed by atoms with van der Waals surface area (Å²) in [6, 6.07) is 3.99. The number of thiazole rings is 1. The van der Waals surface area contributed by atoms with Crippen molar-refractivity contribution in [3.05, 3.63) is 51.0 Å². The van der Waals surface area contributed by atoms with Crippen LogP contribution in [0, 0.1) is 11.6 Å². The van der Waals surface area contributed by atoms with Crippen LogP contribution in [0.5, 0.6) is 0 Å². The molecule has 110 valence electrons. The normalized spacial score (nSPS) is 18.8. The largest absolute Gasteiger partial charge is 0.301 e. The number of halogens is 2. The molecule has 1 aromatic carbocycles. The van der Waals surface area contributed by atoms with Crippen LogP contribution in [0.3, 0.4) is 0 Å². The first-order valence-corrected chi connectivity index (χ1v) is 8.21. The van der Waals surface area contributed by atoms with Crippen LogP contribution in [0.15, 0.2) is 18.2 Å². The van der Waals surface area contributed by atoms with Gasteiger partial charge in [-0.15, -0.1) is 11.3 Å². The number of aromatic nitrogens is 1. The van der Waals surface area contributed by atoms with Gasteiger partial charge in [0.1, 0.15) is 16.6 Å². The second kappa shape index (κ2) is 5.14. The van der Waals surface area contributed by atoms with E-state index in [-0.39, 0.29) is 6.04 Å². The average Bonchev–Trinajstić information content (AvgIpc) is 2.98. The Morgan fingerprint density at radius 1 is 1.14 bits per heavy atom. The van der Waals surface area contributed by atoms with Crippen molar-refractivity contribution in [1.29, 1.82) is 0 Å². The summed E-state index contributed by atoms with van der Waals surface area (Å²) in [7, 11) is 0. The standard InChI is InChI=1S/C16H16F2N2S/c17-10-6-9(7-11(18)8-10)15(19-12-4-5-12)16-20-13-2-1-3-14(13)21-16/h6-8,12,15,19H,1-5H2. The van der Waals surface area contributed by atoms with Crippen molar-refractivity contribution in [2.24, 2.45) is 0 Å². The third-order valence-corrected chi connectivity index (χ3v) is 5.28. The van der Waals surface area contributed by atoms with E-state index in [4.69, 9.17) is 4.98 Å². The van der Waals surface area contributed by atoms with Gasteiger partial charge in [0.25, 0.3) is 0 Å². The highest BCUT2D eigenvalue weighted by atomic mass is 32.1. The molecule has 2 aliphatic carbocycles. The predicted octanol–water partition coefficient (Wildman–Crippen LogP) is 3.75. The molecule has 0 spiro atoms. The Hall–Kier alpha value is -1.33. The zero-order valence-electron chi connectivity index (χ0n) is 11.5. The molecule has 0 saturated heterocycles. The van der Waals surface area contributed by atoms with Crippen LogP contribution < -0.4 is 5.32 Å². The first-order chi connectivity index (χ1) is 10.2. The molecule has 1 unspecified atom stereocenters. The summed E-state index contributed by atoms with van der Waals surface area (Å²) in [5.74, 6) is -1.06. The fourth-order valence-electron chi connectivity index (χ4n) is 2.87. The lowest BCUT2D eigenvalue weighted by Gasteiger charge is -2.17. The molecule has 1 N–H and O–H groups in total. The van der Waals surface area contributed by atoms with Gasteiger partial charge < -0.3 is 5.32 Å². The van der Waals surface area contributed by atoms with Gasteiger partial charge in [0, 0.05) is 17.0 Å². The Morgan fingerprint density at radius 2 is 1.90 bits per heavy atom. The minimum absolute atomic E-state index is 0.196. The third kappa shape index (κ3) is 2.72. The number of benzene rings is 1. The molecule has 1 fully saturated rings. The fraction of sp³-hybridized carbons (Fsp3) is 0.438. The van der Waals surface area contributed by atoms with Crippen molar-refractivity contribution in [2.75, 3.05) is 0 Å². The van der Waals surface area contributed by atoms with Gasteiger partial charge >= 0.3 is 0 Å². The van der Waals surface area contributed by atoms with Crippen molar-refractivity contribution in [3.8, 4) is 0 Å². The lowest BCUT2D eigenvalue weighted by Crippen LogP contribution is -2.24. The van der Waals surface area contributed by atoms with Gasteiger partial charge in [-0.05, 0) is 49.8 Å². The van der Waals surface area contributed by atoms with E-state index in [1.807, 2.05) is 0 Å². The molecule has 1 aromatic heterocycles. The molecular formula is C16H16F2N2S. The second-order valence-corrected chi connectivity index (χ2v) is 6.97. The van der Waals surface area contributed by atoms with E-state index in [1.54, 1.807) is 11.3 Å². The maximum Gasteiger partial charge on any atom is 0.126 e. The van der Waals surface area contributed by atoms with Gasteiger partial charge in [-0.2, -0.15) is 0 Å². The van der Waals surface area contributed by atoms with Crippen LogP contribution in [0.25, 0.3) is 0 Å². The van der Waals surface area contributed by atoms with Gasteiger partial charge in [0.15, 0.2) is 0 Å². The van der Waals surface area contributed by atoms with Crippen LogP contribution >= 0.6 is 11.3 Å². The number of nitrogens with one attached hydrogen (secondary N) is 1. The minimum Gasteiger partial charge on any atom is -0.301 e. The highest BCUT2D eigenvalue weighted by Gasteiger charge is 2.30. The van der Waals surface area contributed by atoms with E-state index in [2.05, 4.69) is 5.32 Å². The van der Waals surface area contributed by atoms with E-state index in [9.17, 15) is 8.78 Å². The van der Waals surface area contributed by atoms with E-state index in [0.717, 1.165) is 36.8 Å². The highest BCUT2D eigenvalue weighted by molar-refractivity contribution is 7.11. The highest BCUT2D eigenvalue weighted by Crippen LogP contribution is 2.35. The van der Waals surface area contributed by atoms with Crippen molar-refractivity contribution in [1.82, 2.24) is 10.3 Å². The van der Waals surface area contributed by atoms with E-state index in [1.165, 1.54) is 29.1 Å². The molecule has 0 radical (unpaired) electrons. The number of aryl methyl sites for hydroxylation is 2. The number of hydrogen-bond donors (Lipinski definition) is 1. The molecule has 2 aromatic rings. The number of rotatable bonds is 4. The van der Waals surface area contributed by atoms with Gasteiger partial charge in [-0.25, -0.2) is 13.8 Å². The van der Waals surface area contributed by atoms with E-state index >= 15 is 0 Å². The summed E-state index contributed by atoms with van der Waals surface area (Å²) < 4.78 is 27.1. The Morgan fingerprint density at radius 3 is 2.57 bits per heavy atom. The first kappa shape index (κ1) is 13.3. The monoisotopic (exact) mass is 306 g/mol. The number of fused-ring (bicyclic) bond motifs is 1. The average molecular weight is 306 g/mol. The molecule has 21 heavy (non-hydrogen) atoms. The quantitative estimate of drug-likeness (QED) is 0.930. The molecule has 0 bridgehead atoms. The lowest BCUT2D eigenvalue weighted by atomic mass is 10.1. The zero-order valence-corrected chi connectivity index (χ0v) is 12.4. The van der Waals surface area contributed by atoms with Gasteiger partial charge in [0.05, 0.1) is 11.7 Å². The van der Waals surface area contributed by atoms with Crippen LogP contribution in [0.2, 0.25) is 0 Å². The summed E-state index contributed by atoms with van der Waals surface area (Å²) in [6.07, 6.45) is 5.53. The maximum absolute atomic E-state index is 13.5. The topological polar surface area (TPSA) is 24.9 Å². The van der Waals surface area contributed by atoms with Gasteiger partial charge in [-0.1, -0.05) is 0 Å². The zero-order chi connectivity index (χ0) is 14.4. The summed E-state index contributed by atoms with van der Waals surface area (Å²) in [5.41, 5.74) is 1.81. The smallest absolute Gasteiger partial charge is 0.126 e. The summed E-state index contributed by atoms with van der Waals surface area (Å²) in [6.45, 7) is 0. The van der Waals surface area contributed by atoms with Gasteiger partial charge in [0.2, 0.25) is 0 Å². The lowest BCUT2D eigenvalue weighted by molar-refractivity contribution is 0.557. The molecule has 0 aliphatic heterocycles. The van der Waals surface area contributed by atoms with Crippen molar-refractivity contribution in [2.45, 2.75) is 44.2 Å². The summed E-state index contributed by atoms with van der Waals surface area (Å²) in [4.78, 5) is 6.06. The van der Waals surface area contributed by atoms with Crippen molar-refractivity contribution < 1.29 is 8.78 Å². The molecule has 5 heteroatoms. The summed E-state index contributed by atoms with van der Waals surface area (Å²) >= 11 is 1.69. The molecular weight excluding hydrogens is 290 g/mol. The van der Waals surface area contributed by atoms with Crippen LogP contribution in [-0.4, -0.2) is 11.0 Å². The van der Waals surface area contributed by atoms with Crippen molar-refractivity contribution >= 4 is 11.3 Å². The van der Waals surface area contributed by atoms with Crippen LogP contribution in [0.4, 0.5) is 8.78 Å². The predicted molar refractivity (Wildman–Crippen MR) is 78.5 cm³/mol. The number of hydrogen-bond acceptors (Lipinski definition) is 3. The maximum atomic E-state index is 13.5. The fourth-order valence-corrected chi connectivity index (χ4v) is 4.11. The SMILES string of the molecule is Fc1cc(F)cc(C(NC2CC2)c2nc3c(s2)CCC3)c1. The molecule has 2 nitrogen and oxygen atoms in total. The second-order valence-electron chi connectivity index (χ2n) is 5.85. The van der Waals surface area contributed by atoms with Crippen LogP contribution in [-0.2, 0) is 12.8 Å². The Kier molecular flexibility index (Phi) is 3.27. The molecule has 4 rings (SSSR count). The minimum atomic E-state index is -0.531. The number of nitrogens with zero attached hydrogens (tertiary/aromatic N) is 1. The van der Waals surface area contributed by atoms with Crippen LogP contribution in [0.1, 0.15) is 46.4 Å². The summed E-state index contributed by atoms with van der Waals surface area (Å²) in [5, 5.41) is 4.42. The molecule has 1 heterocycles. The van der Waals surface area contributed by atoms with Gasteiger partial charge in [-0.3, -0.25) is 0 Å². The van der Waals surface area contributed by atoms with E-state index in [0.29, 0.717) is 11.6 Å². The van der Waals surface area contributed by atoms with E-state index < -0.39 is 11.6 Å². The first-order valence-electron chi connectivity index (χ1n) is 7.39. The van der Waals surface area contributed by atoms with Crippen molar-refractivity contribution in [3.63, 3.8) is 0 Å².